The van der Waals surface area contributed by atoms with Gasteiger partial charge in [-0.15, -0.1) is 10.2 Å². The van der Waals surface area contributed by atoms with Crippen LogP contribution in [0.3, 0.4) is 0 Å². The minimum atomic E-state index is -4.51. The fourth-order valence-electron chi connectivity index (χ4n) is 2.86. The van der Waals surface area contributed by atoms with Crippen LogP contribution in [-0.4, -0.2) is 20.2 Å². The van der Waals surface area contributed by atoms with E-state index in [1.807, 2.05) is 6.07 Å². The standard InChI is InChI=1S/C18H12F3N5/c19-18(20,21)13-9-12(8-11-6-7-23-14(11)13)16-15(24-17(22)26-25-16)10-4-2-1-3-5-10/h1-9,23H,(H2,22,24,26). The number of fused-ring (bicyclic) bond motifs is 1. The lowest BCUT2D eigenvalue weighted by molar-refractivity contribution is -0.136. The molecule has 5 nitrogen and oxygen atoms in total. The van der Waals surface area contributed by atoms with Crippen LogP contribution in [0.4, 0.5) is 19.1 Å². The monoisotopic (exact) mass is 355 g/mol. The van der Waals surface area contributed by atoms with Crippen molar-refractivity contribution in [2.75, 3.05) is 5.73 Å². The molecule has 3 N–H and O–H groups in total. The van der Waals surface area contributed by atoms with Gasteiger partial charge in [-0.1, -0.05) is 30.3 Å². The molecule has 26 heavy (non-hydrogen) atoms. The predicted octanol–water partition coefficient (Wildman–Crippen LogP) is 4.29. The second-order valence-corrected chi connectivity index (χ2v) is 5.70. The number of aromatic nitrogens is 4. The summed E-state index contributed by atoms with van der Waals surface area (Å²) in [5.74, 6) is -0.0497. The smallest absolute Gasteiger partial charge is 0.366 e. The zero-order chi connectivity index (χ0) is 18.3. The van der Waals surface area contributed by atoms with Crippen LogP contribution in [0.2, 0.25) is 0 Å². The van der Waals surface area contributed by atoms with Gasteiger partial charge in [0, 0.05) is 22.7 Å². The van der Waals surface area contributed by atoms with Gasteiger partial charge in [0.1, 0.15) is 11.4 Å². The largest absolute Gasteiger partial charge is 0.418 e. The first kappa shape index (κ1) is 16.1. The fourth-order valence-corrected chi connectivity index (χ4v) is 2.86. The van der Waals surface area contributed by atoms with E-state index >= 15 is 0 Å². The van der Waals surface area contributed by atoms with Gasteiger partial charge in [0.05, 0.1) is 11.1 Å². The summed E-state index contributed by atoms with van der Waals surface area (Å²) in [5.41, 5.74) is 6.47. The number of benzene rings is 2. The average Bonchev–Trinajstić information content (AvgIpc) is 3.09. The summed E-state index contributed by atoms with van der Waals surface area (Å²) in [6, 6.07) is 13.2. The van der Waals surface area contributed by atoms with Crippen molar-refractivity contribution >= 4 is 16.9 Å². The molecule has 0 saturated heterocycles. The predicted molar refractivity (Wildman–Crippen MR) is 92.0 cm³/mol. The van der Waals surface area contributed by atoms with Crippen molar-refractivity contribution in [1.82, 2.24) is 20.2 Å². The van der Waals surface area contributed by atoms with Crippen LogP contribution < -0.4 is 5.73 Å². The second kappa shape index (κ2) is 5.83. The quantitative estimate of drug-likeness (QED) is 0.562. The number of nitrogens with one attached hydrogen (secondary N) is 1. The Labute approximate surface area is 145 Å². The highest BCUT2D eigenvalue weighted by molar-refractivity contribution is 5.90. The summed E-state index contributed by atoms with van der Waals surface area (Å²) < 4.78 is 40.5. The molecule has 0 amide bonds. The second-order valence-electron chi connectivity index (χ2n) is 5.70. The molecule has 4 aromatic rings. The van der Waals surface area contributed by atoms with Crippen molar-refractivity contribution in [3.05, 3.63) is 60.3 Å². The number of nitrogen functional groups attached to an aromatic ring is 1. The van der Waals surface area contributed by atoms with E-state index in [4.69, 9.17) is 5.73 Å². The van der Waals surface area contributed by atoms with E-state index in [9.17, 15) is 13.2 Å². The average molecular weight is 355 g/mol. The van der Waals surface area contributed by atoms with Crippen LogP contribution in [-0.2, 0) is 6.18 Å². The number of halogens is 3. The zero-order valence-corrected chi connectivity index (χ0v) is 13.2. The first-order valence-corrected chi connectivity index (χ1v) is 7.68. The van der Waals surface area contributed by atoms with Gasteiger partial charge in [0.25, 0.3) is 0 Å². The Morgan fingerprint density at radius 1 is 0.885 bits per heavy atom. The Morgan fingerprint density at radius 3 is 2.38 bits per heavy atom. The van der Waals surface area contributed by atoms with E-state index in [1.165, 1.54) is 6.20 Å². The molecule has 0 fully saturated rings. The van der Waals surface area contributed by atoms with Crippen LogP contribution >= 0.6 is 0 Å². The third kappa shape index (κ3) is 2.75. The van der Waals surface area contributed by atoms with Gasteiger partial charge in [0.15, 0.2) is 0 Å². The third-order valence-corrected chi connectivity index (χ3v) is 3.99. The highest BCUT2D eigenvalue weighted by atomic mass is 19.4. The van der Waals surface area contributed by atoms with E-state index in [1.54, 1.807) is 36.4 Å². The molecule has 4 rings (SSSR count). The molecule has 0 saturated carbocycles. The highest BCUT2D eigenvalue weighted by Gasteiger charge is 2.34. The number of alkyl halides is 3. The van der Waals surface area contributed by atoms with E-state index in [2.05, 4.69) is 20.2 Å². The number of hydrogen-bond donors (Lipinski definition) is 2. The molecule has 0 unspecified atom stereocenters. The van der Waals surface area contributed by atoms with Crippen molar-refractivity contribution < 1.29 is 13.2 Å². The first-order chi connectivity index (χ1) is 12.4. The lowest BCUT2D eigenvalue weighted by Crippen LogP contribution is -2.07. The first-order valence-electron chi connectivity index (χ1n) is 7.68. The molecule has 2 aromatic carbocycles. The molecule has 0 aliphatic rings. The van der Waals surface area contributed by atoms with E-state index in [0.717, 1.165) is 6.07 Å². The van der Waals surface area contributed by atoms with Crippen LogP contribution in [0.1, 0.15) is 5.56 Å². The Morgan fingerprint density at radius 2 is 1.65 bits per heavy atom. The van der Waals surface area contributed by atoms with Crippen LogP contribution in [0, 0.1) is 0 Å². The Balaban J connectivity index is 2.00. The Kier molecular flexibility index (Phi) is 3.61. The highest BCUT2D eigenvalue weighted by Crippen LogP contribution is 2.38. The maximum atomic E-state index is 13.5. The summed E-state index contributed by atoms with van der Waals surface area (Å²) in [6.45, 7) is 0. The van der Waals surface area contributed by atoms with Crippen molar-refractivity contribution in [2.45, 2.75) is 6.18 Å². The SMILES string of the molecule is Nc1nnc(-c2cc(C(F)(F)F)c3[nH]ccc3c2)c(-c2ccccc2)n1. The van der Waals surface area contributed by atoms with Gasteiger partial charge in [-0.05, 0) is 18.2 Å². The van der Waals surface area contributed by atoms with Gasteiger partial charge in [-0.3, -0.25) is 0 Å². The molecule has 0 spiro atoms. The molecular formula is C18H12F3N5. The topological polar surface area (TPSA) is 80.5 Å². The molecule has 0 atom stereocenters. The minimum absolute atomic E-state index is 0.0267. The normalized spacial score (nSPS) is 11.8. The van der Waals surface area contributed by atoms with Gasteiger partial charge < -0.3 is 10.7 Å². The van der Waals surface area contributed by atoms with E-state index < -0.39 is 11.7 Å². The van der Waals surface area contributed by atoms with Gasteiger partial charge in [-0.2, -0.15) is 13.2 Å². The number of nitrogens with two attached hydrogens (primary N) is 1. The van der Waals surface area contributed by atoms with Crippen molar-refractivity contribution in [3.8, 4) is 22.5 Å². The molecule has 2 aromatic heterocycles. The van der Waals surface area contributed by atoms with E-state index in [0.29, 0.717) is 16.6 Å². The van der Waals surface area contributed by atoms with Gasteiger partial charge >= 0.3 is 6.18 Å². The molecule has 0 aliphatic heterocycles. The molecular weight excluding hydrogens is 343 g/mol. The molecule has 8 heteroatoms. The van der Waals surface area contributed by atoms with Crippen molar-refractivity contribution in [2.24, 2.45) is 0 Å². The Hall–Kier alpha value is -3.42. The van der Waals surface area contributed by atoms with Crippen molar-refractivity contribution in [3.63, 3.8) is 0 Å². The number of nitrogens with zero attached hydrogens (tertiary/aromatic N) is 3. The summed E-state index contributed by atoms with van der Waals surface area (Å²) in [5, 5.41) is 8.18. The Bertz CT molecular complexity index is 1090. The van der Waals surface area contributed by atoms with Gasteiger partial charge in [0.2, 0.25) is 5.95 Å². The van der Waals surface area contributed by atoms with Crippen LogP contribution in [0.15, 0.2) is 54.7 Å². The fraction of sp³-hybridized carbons (Fsp3) is 0.0556. The summed E-state index contributed by atoms with van der Waals surface area (Å²) >= 11 is 0. The molecule has 0 radical (unpaired) electrons. The molecule has 2 heterocycles. The number of anilines is 1. The zero-order valence-electron chi connectivity index (χ0n) is 13.2. The lowest BCUT2D eigenvalue weighted by Gasteiger charge is -2.12. The van der Waals surface area contributed by atoms with Gasteiger partial charge in [-0.25, -0.2) is 4.98 Å². The summed E-state index contributed by atoms with van der Waals surface area (Å²) in [4.78, 5) is 6.83. The maximum Gasteiger partial charge on any atom is 0.418 e. The van der Waals surface area contributed by atoms with Crippen LogP contribution in [0.25, 0.3) is 33.4 Å². The number of H-pyrrole nitrogens is 1. The summed E-state index contributed by atoms with van der Waals surface area (Å²) in [7, 11) is 0. The molecule has 130 valence electrons. The van der Waals surface area contributed by atoms with Crippen molar-refractivity contribution in [1.29, 1.82) is 0 Å². The number of aromatic amines is 1. The maximum absolute atomic E-state index is 13.5. The van der Waals surface area contributed by atoms with Crippen LogP contribution in [0.5, 0.6) is 0 Å². The number of hydrogen-bond acceptors (Lipinski definition) is 4. The van der Waals surface area contributed by atoms with E-state index in [-0.39, 0.29) is 22.7 Å². The summed E-state index contributed by atoms with van der Waals surface area (Å²) in [6.07, 6.45) is -3.05. The molecule has 0 aliphatic carbocycles. The number of rotatable bonds is 2. The lowest BCUT2D eigenvalue weighted by atomic mass is 10.00. The third-order valence-electron chi connectivity index (χ3n) is 3.99. The minimum Gasteiger partial charge on any atom is -0.366 e. The molecule has 0 bridgehead atoms.